The number of carbonyl (C=O) groups is 2. The van der Waals surface area contributed by atoms with Gasteiger partial charge >= 0.3 is 0 Å². The van der Waals surface area contributed by atoms with E-state index in [0.29, 0.717) is 19.4 Å². The second kappa shape index (κ2) is 9.75. The number of hydrogen-bond acceptors (Lipinski definition) is 4. The Labute approximate surface area is 170 Å². The first kappa shape index (κ1) is 20.4. The Balaban J connectivity index is 1.51. The van der Waals surface area contributed by atoms with Gasteiger partial charge in [-0.15, -0.1) is 11.8 Å². The standard InChI is InChI=1S/C22H27N3O2S/c1-3-21(26)23-18-13-20(25(2)14-18)22(27)24-17-11-9-16(10-12-17)15-28-19-7-5-4-6-8-19/h4-12,18,20H,3,13-15H2,1-2H3,(H,23,26)(H,24,27)/t18-,20+/m1/s1. The van der Waals surface area contributed by atoms with E-state index in [-0.39, 0.29) is 23.9 Å². The molecule has 148 valence electrons. The molecule has 0 unspecified atom stereocenters. The highest BCUT2D eigenvalue weighted by Gasteiger charge is 2.34. The predicted molar refractivity (Wildman–Crippen MR) is 114 cm³/mol. The van der Waals surface area contributed by atoms with Gasteiger partial charge in [0, 0.05) is 35.3 Å². The van der Waals surface area contributed by atoms with Crippen molar-refractivity contribution in [3.63, 3.8) is 0 Å². The number of benzene rings is 2. The molecule has 3 rings (SSSR count). The largest absolute Gasteiger partial charge is 0.352 e. The highest BCUT2D eigenvalue weighted by atomic mass is 32.2. The van der Waals surface area contributed by atoms with E-state index in [9.17, 15) is 9.59 Å². The lowest BCUT2D eigenvalue weighted by molar-refractivity contribution is -0.122. The second-order valence-corrected chi connectivity index (χ2v) is 8.15. The minimum Gasteiger partial charge on any atom is -0.352 e. The molecule has 6 heteroatoms. The van der Waals surface area contributed by atoms with Crippen LogP contribution in [0, 0.1) is 0 Å². The molecule has 0 radical (unpaired) electrons. The van der Waals surface area contributed by atoms with E-state index in [4.69, 9.17) is 0 Å². The van der Waals surface area contributed by atoms with Crippen LogP contribution in [0.1, 0.15) is 25.3 Å². The molecular weight excluding hydrogens is 370 g/mol. The van der Waals surface area contributed by atoms with E-state index in [1.54, 1.807) is 11.8 Å². The number of anilines is 1. The zero-order chi connectivity index (χ0) is 19.9. The molecule has 2 N–H and O–H groups in total. The quantitative estimate of drug-likeness (QED) is 0.702. The average molecular weight is 398 g/mol. The van der Waals surface area contributed by atoms with Gasteiger partial charge in [0.2, 0.25) is 11.8 Å². The van der Waals surface area contributed by atoms with Crippen LogP contribution in [0.4, 0.5) is 5.69 Å². The molecule has 1 saturated heterocycles. The summed E-state index contributed by atoms with van der Waals surface area (Å²) in [7, 11) is 1.92. The Kier molecular flexibility index (Phi) is 7.12. The fourth-order valence-electron chi connectivity index (χ4n) is 3.33. The van der Waals surface area contributed by atoms with Crippen LogP contribution in [0.5, 0.6) is 0 Å². The van der Waals surface area contributed by atoms with Gasteiger partial charge in [-0.05, 0) is 43.3 Å². The molecule has 1 heterocycles. The number of likely N-dealkylation sites (N-methyl/N-ethyl adjacent to an activating group) is 1. The Hall–Kier alpha value is -2.31. The molecule has 0 saturated carbocycles. The number of nitrogens with one attached hydrogen (secondary N) is 2. The average Bonchev–Trinajstić information content (AvgIpc) is 3.08. The fraction of sp³-hybridized carbons (Fsp3) is 0.364. The lowest BCUT2D eigenvalue weighted by Gasteiger charge is -2.18. The fourth-order valence-corrected chi connectivity index (χ4v) is 4.21. The predicted octanol–water partition coefficient (Wildman–Crippen LogP) is 3.52. The zero-order valence-electron chi connectivity index (χ0n) is 16.4. The summed E-state index contributed by atoms with van der Waals surface area (Å²) in [5, 5.41) is 5.98. The van der Waals surface area contributed by atoms with E-state index < -0.39 is 0 Å². The first-order valence-corrected chi connectivity index (χ1v) is 10.6. The number of carbonyl (C=O) groups excluding carboxylic acids is 2. The van der Waals surface area contributed by atoms with Crippen LogP contribution in [0.2, 0.25) is 0 Å². The van der Waals surface area contributed by atoms with Crippen LogP contribution in [0.3, 0.4) is 0 Å². The van der Waals surface area contributed by atoms with E-state index in [0.717, 1.165) is 11.4 Å². The molecule has 0 bridgehead atoms. The number of nitrogens with zero attached hydrogens (tertiary/aromatic N) is 1. The van der Waals surface area contributed by atoms with Crippen molar-refractivity contribution in [1.82, 2.24) is 10.2 Å². The first-order valence-electron chi connectivity index (χ1n) is 9.62. The number of likely N-dealkylation sites (tertiary alicyclic amines) is 1. The van der Waals surface area contributed by atoms with E-state index in [2.05, 4.69) is 22.8 Å². The Morgan fingerprint density at radius 3 is 2.50 bits per heavy atom. The molecule has 28 heavy (non-hydrogen) atoms. The second-order valence-electron chi connectivity index (χ2n) is 7.10. The van der Waals surface area contributed by atoms with Crippen molar-refractivity contribution in [3.8, 4) is 0 Å². The van der Waals surface area contributed by atoms with Crippen LogP contribution in [-0.2, 0) is 15.3 Å². The molecule has 1 fully saturated rings. The van der Waals surface area contributed by atoms with Crippen LogP contribution in [0.15, 0.2) is 59.5 Å². The molecule has 2 aromatic rings. The van der Waals surface area contributed by atoms with Crippen molar-refractivity contribution in [2.75, 3.05) is 18.9 Å². The molecular formula is C22H27N3O2S. The van der Waals surface area contributed by atoms with Crippen molar-refractivity contribution in [2.45, 2.75) is 42.5 Å². The molecule has 2 aromatic carbocycles. The zero-order valence-corrected chi connectivity index (χ0v) is 17.2. The van der Waals surface area contributed by atoms with Gasteiger partial charge < -0.3 is 10.6 Å². The van der Waals surface area contributed by atoms with Gasteiger partial charge in [0.05, 0.1) is 6.04 Å². The third-order valence-electron chi connectivity index (χ3n) is 4.91. The topological polar surface area (TPSA) is 61.4 Å². The molecule has 0 aromatic heterocycles. The highest BCUT2D eigenvalue weighted by molar-refractivity contribution is 7.98. The maximum atomic E-state index is 12.7. The van der Waals surface area contributed by atoms with Gasteiger partial charge in [0.15, 0.2) is 0 Å². The van der Waals surface area contributed by atoms with E-state index in [1.165, 1.54) is 10.5 Å². The maximum Gasteiger partial charge on any atom is 0.241 e. The summed E-state index contributed by atoms with van der Waals surface area (Å²) in [5.41, 5.74) is 2.01. The minimum absolute atomic E-state index is 0.0258. The van der Waals surface area contributed by atoms with Crippen molar-refractivity contribution in [2.24, 2.45) is 0 Å². The summed E-state index contributed by atoms with van der Waals surface area (Å²) >= 11 is 1.79. The van der Waals surface area contributed by atoms with Gasteiger partial charge in [-0.25, -0.2) is 0 Å². The first-order chi connectivity index (χ1) is 13.5. The summed E-state index contributed by atoms with van der Waals surface area (Å²) in [5.74, 6) is 0.896. The number of hydrogen-bond donors (Lipinski definition) is 2. The Morgan fingerprint density at radius 2 is 1.82 bits per heavy atom. The van der Waals surface area contributed by atoms with Crippen molar-refractivity contribution >= 4 is 29.3 Å². The molecule has 1 aliphatic rings. The van der Waals surface area contributed by atoms with Crippen molar-refractivity contribution in [3.05, 3.63) is 60.2 Å². The third kappa shape index (κ3) is 5.59. The van der Waals surface area contributed by atoms with E-state index >= 15 is 0 Å². The van der Waals surface area contributed by atoms with Gasteiger partial charge in [0.25, 0.3) is 0 Å². The lowest BCUT2D eigenvalue weighted by atomic mass is 10.1. The maximum absolute atomic E-state index is 12.7. The van der Waals surface area contributed by atoms with Gasteiger partial charge in [-0.3, -0.25) is 14.5 Å². The summed E-state index contributed by atoms with van der Waals surface area (Å²) in [6.45, 7) is 2.53. The molecule has 2 atom stereocenters. The number of rotatable bonds is 7. The van der Waals surface area contributed by atoms with Gasteiger partial charge in [0.1, 0.15) is 0 Å². The van der Waals surface area contributed by atoms with Crippen LogP contribution >= 0.6 is 11.8 Å². The molecule has 2 amide bonds. The minimum atomic E-state index is -0.226. The molecule has 0 aliphatic carbocycles. The lowest BCUT2D eigenvalue weighted by Crippen LogP contribution is -2.37. The number of amides is 2. The van der Waals surface area contributed by atoms with Crippen molar-refractivity contribution < 1.29 is 9.59 Å². The monoisotopic (exact) mass is 397 g/mol. The smallest absolute Gasteiger partial charge is 0.241 e. The number of thioether (sulfide) groups is 1. The normalized spacial score (nSPS) is 19.4. The molecule has 1 aliphatic heterocycles. The van der Waals surface area contributed by atoms with Crippen LogP contribution < -0.4 is 10.6 Å². The molecule has 5 nitrogen and oxygen atoms in total. The highest BCUT2D eigenvalue weighted by Crippen LogP contribution is 2.23. The van der Waals surface area contributed by atoms with Crippen LogP contribution in [0.25, 0.3) is 0 Å². The Morgan fingerprint density at radius 1 is 1.11 bits per heavy atom. The third-order valence-corrected chi connectivity index (χ3v) is 5.99. The van der Waals surface area contributed by atoms with Crippen molar-refractivity contribution in [1.29, 1.82) is 0 Å². The summed E-state index contributed by atoms with van der Waals surface area (Å²) in [6, 6.07) is 18.1. The van der Waals surface area contributed by atoms with Gasteiger partial charge in [-0.1, -0.05) is 37.3 Å². The summed E-state index contributed by atoms with van der Waals surface area (Å²) < 4.78 is 0. The van der Waals surface area contributed by atoms with E-state index in [1.807, 2.05) is 61.3 Å². The van der Waals surface area contributed by atoms with Crippen LogP contribution in [-0.4, -0.2) is 42.4 Å². The SMILES string of the molecule is CCC(=O)N[C@@H]1C[C@@H](C(=O)Nc2ccc(CSc3ccccc3)cc2)N(C)C1. The molecule has 0 spiro atoms. The summed E-state index contributed by atoms with van der Waals surface area (Å²) in [6.07, 6.45) is 1.10. The Bertz CT molecular complexity index is 795. The van der Waals surface area contributed by atoms with Gasteiger partial charge in [-0.2, -0.15) is 0 Å². The summed E-state index contributed by atoms with van der Waals surface area (Å²) in [4.78, 5) is 27.5.